The summed E-state index contributed by atoms with van der Waals surface area (Å²) >= 11 is 0. The van der Waals surface area contributed by atoms with Gasteiger partial charge in [0.1, 0.15) is 0 Å². The van der Waals surface area contributed by atoms with E-state index in [1.807, 2.05) is 6.20 Å². The monoisotopic (exact) mass is 254 g/mol. The highest BCUT2D eigenvalue weighted by Crippen LogP contribution is 2.20. The van der Waals surface area contributed by atoms with Crippen LogP contribution in [0.2, 0.25) is 0 Å². The molecule has 2 aromatic rings. The lowest BCUT2D eigenvalue weighted by Gasteiger charge is -2.15. The number of aromatic nitrogens is 1. The zero-order valence-electron chi connectivity index (χ0n) is 11.8. The van der Waals surface area contributed by atoms with Crippen molar-refractivity contribution in [2.75, 3.05) is 0 Å². The summed E-state index contributed by atoms with van der Waals surface area (Å²) in [6.45, 7) is 4.31. The number of aryl methyl sites for hydroxylation is 2. The van der Waals surface area contributed by atoms with Crippen LogP contribution in [0.4, 0.5) is 0 Å². The van der Waals surface area contributed by atoms with Gasteiger partial charge in [-0.3, -0.25) is 4.98 Å². The number of pyridine rings is 1. The summed E-state index contributed by atoms with van der Waals surface area (Å²) in [6.07, 6.45) is 4.79. The van der Waals surface area contributed by atoms with Crippen LogP contribution >= 0.6 is 0 Å². The summed E-state index contributed by atoms with van der Waals surface area (Å²) in [7, 11) is 0. The van der Waals surface area contributed by atoms with Crippen molar-refractivity contribution in [1.82, 2.24) is 4.98 Å². The quantitative estimate of drug-likeness (QED) is 0.887. The van der Waals surface area contributed by atoms with E-state index in [0.717, 1.165) is 25.0 Å². The molecule has 0 aliphatic carbocycles. The van der Waals surface area contributed by atoms with Gasteiger partial charge in [-0.25, -0.2) is 0 Å². The minimum absolute atomic E-state index is 0.0242. The molecule has 0 aliphatic heterocycles. The molecule has 0 fully saturated rings. The van der Waals surface area contributed by atoms with Crippen molar-refractivity contribution < 1.29 is 0 Å². The van der Waals surface area contributed by atoms with Gasteiger partial charge < -0.3 is 5.73 Å². The average Bonchev–Trinajstić information content (AvgIpc) is 2.48. The lowest BCUT2D eigenvalue weighted by Crippen LogP contribution is -2.16. The molecular weight excluding hydrogens is 232 g/mol. The van der Waals surface area contributed by atoms with Gasteiger partial charge >= 0.3 is 0 Å². The highest BCUT2D eigenvalue weighted by molar-refractivity contribution is 5.31. The summed E-state index contributed by atoms with van der Waals surface area (Å²) in [4.78, 5) is 4.49. The van der Waals surface area contributed by atoms with Crippen molar-refractivity contribution in [2.24, 2.45) is 5.73 Å². The maximum atomic E-state index is 6.33. The van der Waals surface area contributed by atoms with Crippen molar-refractivity contribution in [3.05, 3.63) is 65.0 Å². The Bertz CT molecular complexity index is 517. The van der Waals surface area contributed by atoms with Crippen LogP contribution in [0.5, 0.6) is 0 Å². The smallest absolute Gasteiger partial charge is 0.0422 e. The first-order chi connectivity index (χ1) is 9.24. The molecule has 1 aromatic heterocycles. The van der Waals surface area contributed by atoms with E-state index in [4.69, 9.17) is 5.73 Å². The van der Waals surface area contributed by atoms with Gasteiger partial charge in [-0.1, -0.05) is 44.2 Å². The van der Waals surface area contributed by atoms with Crippen LogP contribution in [0.25, 0.3) is 0 Å². The van der Waals surface area contributed by atoms with E-state index in [2.05, 4.69) is 55.2 Å². The predicted octanol–water partition coefficient (Wildman–Crippen LogP) is 3.45. The zero-order valence-corrected chi connectivity index (χ0v) is 11.8. The summed E-state index contributed by atoms with van der Waals surface area (Å²) in [5.41, 5.74) is 11.2. The van der Waals surface area contributed by atoms with E-state index >= 15 is 0 Å². The average molecular weight is 254 g/mol. The first-order valence-corrected chi connectivity index (χ1v) is 7.01. The molecule has 2 heteroatoms. The first kappa shape index (κ1) is 13.8. The fraction of sp³-hybridized carbons (Fsp3) is 0.353. The molecule has 0 aliphatic rings. The van der Waals surface area contributed by atoms with Crippen LogP contribution in [0.1, 0.15) is 42.3 Å². The number of rotatable bonds is 5. The molecule has 100 valence electrons. The molecular formula is C17H22N2. The Hall–Kier alpha value is -1.67. The van der Waals surface area contributed by atoms with Gasteiger partial charge in [0.25, 0.3) is 0 Å². The maximum absolute atomic E-state index is 6.33. The van der Waals surface area contributed by atoms with E-state index in [1.54, 1.807) is 0 Å². The van der Waals surface area contributed by atoms with Crippen LogP contribution in [0.3, 0.4) is 0 Å². The van der Waals surface area contributed by atoms with Crippen LogP contribution in [0, 0.1) is 0 Å². The lowest BCUT2D eigenvalue weighted by atomic mass is 9.96. The fourth-order valence-electron chi connectivity index (χ4n) is 2.34. The maximum Gasteiger partial charge on any atom is 0.0422 e. The number of benzene rings is 1. The van der Waals surface area contributed by atoms with Gasteiger partial charge in [0.2, 0.25) is 0 Å². The molecule has 1 heterocycles. The molecule has 0 spiro atoms. The van der Waals surface area contributed by atoms with Gasteiger partial charge in [-0.2, -0.15) is 0 Å². The number of hydrogen-bond donors (Lipinski definition) is 1. The molecule has 0 radical (unpaired) electrons. The molecule has 1 aromatic carbocycles. The molecule has 2 nitrogen and oxygen atoms in total. The van der Waals surface area contributed by atoms with Crippen LogP contribution < -0.4 is 5.73 Å². The Balaban J connectivity index is 2.13. The van der Waals surface area contributed by atoms with Gasteiger partial charge in [0.15, 0.2) is 0 Å². The second kappa shape index (κ2) is 6.48. The van der Waals surface area contributed by atoms with Crippen LogP contribution in [-0.2, 0) is 19.3 Å². The third-order valence-electron chi connectivity index (χ3n) is 3.56. The molecule has 0 bridgehead atoms. The Kier molecular flexibility index (Phi) is 4.69. The van der Waals surface area contributed by atoms with Crippen molar-refractivity contribution in [3.8, 4) is 0 Å². The SMILES string of the molecule is CCc1ccc(CC(N)c2ccccc2CC)nc1. The van der Waals surface area contributed by atoms with E-state index in [-0.39, 0.29) is 6.04 Å². The Morgan fingerprint density at radius 1 is 1.05 bits per heavy atom. The van der Waals surface area contributed by atoms with Crippen LogP contribution in [-0.4, -0.2) is 4.98 Å². The first-order valence-electron chi connectivity index (χ1n) is 7.01. The largest absolute Gasteiger partial charge is 0.324 e. The Labute approximate surface area is 115 Å². The summed E-state index contributed by atoms with van der Waals surface area (Å²) < 4.78 is 0. The molecule has 1 atom stereocenters. The molecule has 2 rings (SSSR count). The molecule has 0 amide bonds. The molecule has 2 N–H and O–H groups in total. The zero-order chi connectivity index (χ0) is 13.7. The number of hydrogen-bond acceptors (Lipinski definition) is 2. The molecule has 0 saturated carbocycles. The van der Waals surface area contributed by atoms with E-state index in [1.165, 1.54) is 16.7 Å². The highest BCUT2D eigenvalue weighted by atomic mass is 14.7. The standard InChI is InChI=1S/C17H22N2/c1-3-13-9-10-15(19-12-13)11-17(18)16-8-6-5-7-14(16)4-2/h5-10,12,17H,3-4,11,18H2,1-2H3. The molecule has 1 unspecified atom stereocenters. The van der Waals surface area contributed by atoms with Crippen molar-refractivity contribution in [2.45, 2.75) is 39.2 Å². The lowest BCUT2D eigenvalue weighted by molar-refractivity contribution is 0.697. The summed E-state index contributed by atoms with van der Waals surface area (Å²) in [5, 5.41) is 0. The predicted molar refractivity (Wildman–Crippen MR) is 80.1 cm³/mol. The summed E-state index contributed by atoms with van der Waals surface area (Å²) in [6, 6.07) is 12.7. The van der Waals surface area contributed by atoms with E-state index < -0.39 is 0 Å². The fourth-order valence-corrected chi connectivity index (χ4v) is 2.34. The minimum atomic E-state index is 0.0242. The van der Waals surface area contributed by atoms with Crippen molar-refractivity contribution >= 4 is 0 Å². The molecule has 19 heavy (non-hydrogen) atoms. The second-order valence-electron chi connectivity index (χ2n) is 4.87. The van der Waals surface area contributed by atoms with Crippen molar-refractivity contribution in [3.63, 3.8) is 0 Å². The van der Waals surface area contributed by atoms with Gasteiger partial charge in [0.05, 0.1) is 0 Å². The number of nitrogens with zero attached hydrogens (tertiary/aromatic N) is 1. The minimum Gasteiger partial charge on any atom is -0.324 e. The normalized spacial score (nSPS) is 12.4. The Morgan fingerprint density at radius 2 is 1.84 bits per heavy atom. The number of nitrogens with two attached hydrogens (primary N) is 1. The topological polar surface area (TPSA) is 38.9 Å². The van der Waals surface area contributed by atoms with Gasteiger partial charge in [-0.15, -0.1) is 0 Å². The third kappa shape index (κ3) is 3.42. The van der Waals surface area contributed by atoms with Crippen molar-refractivity contribution in [1.29, 1.82) is 0 Å². The third-order valence-corrected chi connectivity index (χ3v) is 3.56. The Morgan fingerprint density at radius 3 is 2.47 bits per heavy atom. The van der Waals surface area contributed by atoms with Gasteiger partial charge in [0, 0.05) is 24.4 Å². The highest BCUT2D eigenvalue weighted by Gasteiger charge is 2.11. The second-order valence-corrected chi connectivity index (χ2v) is 4.87. The summed E-state index contributed by atoms with van der Waals surface area (Å²) in [5.74, 6) is 0. The van der Waals surface area contributed by atoms with E-state index in [0.29, 0.717) is 0 Å². The van der Waals surface area contributed by atoms with Gasteiger partial charge in [-0.05, 0) is 35.6 Å². The van der Waals surface area contributed by atoms with E-state index in [9.17, 15) is 0 Å². The van der Waals surface area contributed by atoms with Crippen LogP contribution in [0.15, 0.2) is 42.6 Å². The molecule has 0 saturated heterocycles.